The lowest BCUT2D eigenvalue weighted by Crippen LogP contribution is -2.39. The van der Waals surface area contributed by atoms with E-state index in [2.05, 4.69) is 35.0 Å². The summed E-state index contributed by atoms with van der Waals surface area (Å²) in [5.41, 5.74) is 4.26. The Labute approximate surface area is 146 Å². The van der Waals surface area contributed by atoms with E-state index in [1.807, 2.05) is 24.3 Å². The number of carbonyl (C=O) groups is 3. The van der Waals surface area contributed by atoms with Gasteiger partial charge in [0.15, 0.2) is 0 Å². The Morgan fingerprint density at radius 1 is 1.12 bits per heavy atom. The summed E-state index contributed by atoms with van der Waals surface area (Å²) in [5, 5.41) is 17.2. The highest BCUT2D eigenvalue weighted by Crippen LogP contribution is 2.17. The highest BCUT2D eigenvalue weighted by Gasteiger charge is 2.12. The third-order valence-corrected chi connectivity index (χ3v) is 3.23. The number of aliphatic hydroxyl groups is 1. The molecular formula is C17H24N4O4. The van der Waals surface area contributed by atoms with Gasteiger partial charge in [-0.2, -0.15) is 5.10 Å². The van der Waals surface area contributed by atoms with Gasteiger partial charge in [0, 0.05) is 17.9 Å². The molecule has 0 saturated carbocycles. The van der Waals surface area contributed by atoms with Crippen molar-refractivity contribution in [1.29, 1.82) is 0 Å². The summed E-state index contributed by atoms with van der Waals surface area (Å²) in [6.45, 7) is 5.46. The Hall–Kier alpha value is -2.74. The molecule has 0 aliphatic carbocycles. The second kappa shape index (κ2) is 10.2. The molecule has 4 N–H and O–H groups in total. The molecule has 1 aromatic rings. The molecule has 1 rings (SSSR count). The van der Waals surface area contributed by atoms with Crippen LogP contribution in [0.4, 0.5) is 5.69 Å². The predicted molar refractivity (Wildman–Crippen MR) is 95.1 cm³/mol. The Morgan fingerprint density at radius 3 is 2.32 bits per heavy atom. The van der Waals surface area contributed by atoms with Crippen LogP contribution in [0.2, 0.25) is 0 Å². The highest BCUT2D eigenvalue weighted by molar-refractivity contribution is 6.35. The van der Waals surface area contributed by atoms with Crippen molar-refractivity contribution in [3.05, 3.63) is 29.8 Å². The molecule has 136 valence electrons. The minimum absolute atomic E-state index is 0.0209. The van der Waals surface area contributed by atoms with Gasteiger partial charge >= 0.3 is 11.8 Å². The van der Waals surface area contributed by atoms with Gasteiger partial charge in [-0.25, -0.2) is 5.43 Å². The number of anilines is 1. The minimum atomic E-state index is -0.961. The zero-order valence-corrected chi connectivity index (χ0v) is 14.6. The average Bonchev–Trinajstić information content (AvgIpc) is 2.57. The van der Waals surface area contributed by atoms with E-state index in [9.17, 15) is 14.4 Å². The molecule has 0 bridgehead atoms. The van der Waals surface area contributed by atoms with Gasteiger partial charge in [0.05, 0.1) is 13.0 Å². The number of carbonyl (C=O) groups excluding carboxylic acids is 3. The first-order chi connectivity index (χ1) is 11.8. The predicted octanol–water partition coefficient (Wildman–Crippen LogP) is 0.739. The molecule has 8 heteroatoms. The maximum absolute atomic E-state index is 11.9. The second-order valence-electron chi connectivity index (χ2n) is 5.77. The average molecular weight is 348 g/mol. The van der Waals surface area contributed by atoms with E-state index < -0.39 is 11.8 Å². The summed E-state index contributed by atoms with van der Waals surface area (Å²) >= 11 is 0. The van der Waals surface area contributed by atoms with Gasteiger partial charge in [0.1, 0.15) is 0 Å². The molecule has 0 radical (unpaired) electrons. The van der Waals surface area contributed by atoms with Crippen LogP contribution in [0.25, 0.3) is 0 Å². The number of benzene rings is 1. The third kappa shape index (κ3) is 7.58. The van der Waals surface area contributed by atoms with Gasteiger partial charge in [-0.3, -0.25) is 14.4 Å². The van der Waals surface area contributed by atoms with Crippen LogP contribution in [-0.4, -0.2) is 41.7 Å². The number of amides is 3. The Balaban J connectivity index is 2.47. The number of hydrogen-bond acceptors (Lipinski definition) is 5. The molecular weight excluding hydrogens is 324 g/mol. The molecule has 0 spiro atoms. The maximum Gasteiger partial charge on any atom is 0.329 e. The quantitative estimate of drug-likeness (QED) is 0.330. The van der Waals surface area contributed by atoms with Crippen molar-refractivity contribution in [3.63, 3.8) is 0 Å². The number of aliphatic hydroxyl groups excluding tert-OH is 1. The molecule has 0 atom stereocenters. The van der Waals surface area contributed by atoms with Crippen molar-refractivity contribution < 1.29 is 19.5 Å². The minimum Gasteiger partial charge on any atom is -0.395 e. The fraction of sp³-hybridized carbons (Fsp3) is 0.412. The van der Waals surface area contributed by atoms with Gasteiger partial charge in [-0.15, -0.1) is 0 Å². The Kier molecular flexibility index (Phi) is 8.28. The van der Waals surface area contributed by atoms with Gasteiger partial charge in [-0.05, 0) is 30.5 Å². The molecule has 8 nitrogen and oxygen atoms in total. The number of hydrazone groups is 1. The number of nitrogens with one attached hydrogen (secondary N) is 3. The van der Waals surface area contributed by atoms with Crippen molar-refractivity contribution in [2.75, 3.05) is 18.5 Å². The van der Waals surface area contributed by atoms with Crippen LogP contribution in [0.1, 0.15) is 38.7 Å². The Morgan fingerprint density at radius 2 is 1.76 bits per heavy atom. The largest absolute Gasteiger partial charge is 0.395 e. The topological polar surface area (TPSA) is 120 Å². The lowest BCUT2D eigenvalue weighted by molar-refractivity contribution is -0.139. The molecule has 0 saturated heterocycles. The second-order valence-corrected chi connectivity index (χ2v) is 5.77. The maximum atomic E-state index is 11.9. The molecule has 0 aromatic heterocycles. The monoisotopic (exact) mass is 348 g/mol. The molecule has 3 amide bonds. The zero-order chi connectivity index (χ0) is 18.8. The molecule has 25 heavy (non-hydrogen) atoms. The molecule has 0 aliphatic heterocycles. The first kappa shape index (κ1) is 20.3. The van der Waals surface area contributed by atoms with E-state index in [1.54, 1.807) is 6.92 Å². The van der Waals surface area contributed by atoms with Gasteiger partial charge in [0.2, 0.25) is 5.91 Å². The number of hydrogen-bond donors (Lipinski definition) is 4. The van der Waals surface area contributed by atoms with Crippen LogP contribution in [0.5, 0.6) is 0 Å². The zero-order valence-electron chi connectivity index (χ0n) is 14.6. The van der Waals surface area contributed by atoms with Crippen LogP contribution < -0.4 is 16.1 Å². The van der Waals surface area contributed by atoms with Crippen LogP contribution in [0, 0.1) is 0 Å². The summed E-state index contributed by atoms with van der Waals surface area (Å²) < 4.78 is 0. The van der Waals surface area contributed by atoms with Gasteiger partial charge < -0.3 is 15.7 Å². The number of rotatable bonds is 7. The van der Waals surface area contributed by atoms with E-state index in [-0.39, 0.29) is 25.5 Å². The normalized spacial score (nSPS) is 11.2. The summed E-state index contributed by atoms with van der Waals surface area (Å²) in [5.74, 6) is -1.73. The van der Waals surface area contributed by atoms with Crippen LogP contribution in [0.3, 0.4) is 0 Å². The van der Waals surface area contributed by atoms with E-state index >= 15 is 0 Å². The summed E-state index contributed by atoms with van der Waals surface area (Å²) in [6, 6.07) is 7.55. The summed E-state index contributed by atoms with van der Waals surface area (Å²) in [7, 11) is 0. The first-order valence-corrected chi connectivity index (χ1v) is 7.95. The van der Waals surface area contributed by atoms with E-state index in [1.165, 1.54) is 5.56 Å². The standard InChI is InChI=1S/C17H24N4O4/c1-11(2)13-4-6-14(7-5-13)19-15(23)10-12(3)20-21-17(25)16(24)18-8-9-22/h4-7,11,22H,8-10H2,1-3H3,(H,18,24)(H,19,23)(H,21,25)/b20-12+. The molecule has 0 aliphatic rings. The van der Waals surface area contributed by atoms with Crippen molar-refractivity contribution in [1.82, 2.24) is 10.7 Å². The van der Waals surface area contributed by atoms with Gasteiger partial charge in [-0.1, -0.05) is 26.0 Å². The van der Waals surface area contributed by atoms with E-state index in [4.69, 9.17) is 5.11 Å². The van der Waals surface area contributed by atoms with Crippen molar-refractivity contribution >= 4 is 29.1 Å². The third-order valence-electron chi connectivity index (χ3n) is 3.23. The lowest BCUT2D eigenvalue weighted by Gasteiger charge is -2.08. The van der Waals surface area contributed by atoms with E-state index in [0.717, 1.165) is 0 Å². The van der Waals surface area contributed by atoms with Crippen molar-refractivity contribution in [3.8, 4) is 0 Å². The van der Waals surface area contributed by atoms with Crippen LogP contribution in [-0.2, 0) is 14.4 Å². The highest BCUT2D eigenvalue weighted by atomic mass is 16.3. The Bertz CT molecular complexity index is 639. The van der Waals surface area contributed by atoms with Crippen LogP contribution in [0.15, 0.2) is 29.4 Å². The molecule has 0 unspecified atom stereocenters. The molecule has 1 aromatic carbocycles. The fourth-order valence-corrected chi connectivity index (χ4v) is 1.88. The first-order valence-electron chi connectivity index (χ1n) is 7.95. The van der Waals surface area contributed by atoms with Crippen molar-refractivity contribution in [2.24, 2.45) is 5.10 Å². The SMILES string of the molecule is C/C(CC(=O)Nc1ccc(C(C)C)cc1)=N\NC(=O)C(=O)NCCO. The summed E-state index contributed by atoms with van der Waals surface area (Å²) in [6.07, 6.45) is -0.0233. The van der Waals surface area contributed by atoms with Crippen molar-refractivity contribution in [2.45, 2.75) is 33.1 Å². The lowest BCUT2D eigenvalue weighted by atomic mass is 10.0. The smallest absolute Gasteiger partial charge is 0.329 e. The molecule has 0 heterocycles. The number of nitrogens with zero attached hydrogens (tertiary/aromatic N) is 1. The van der Waals surface area contributed by atoms with E-state index in [0.29, 0.717) is 17.3 Å². The fourth-order valence-electron chi connectivity index (χ4n) is 1.88. The van der Waals surface area contributed by atoms with Gasteiger partial charge in [0.25, 0.3) is 0 Å². The molecule has 0 fully saturated rings. The van der Waals surface area contributed by atoms with Crippen LogP contribution >= 0.6 is 0 Å². The summed E-state index contributed by atoms with van der Waals surface area (Å²) in [4.78, 5) is 34.6.